The van der Waals surface area contributed by atoms with Gasteiger partial charge in [-0.2, -0.15) is 0 Å². The van der Waals surface area contributed by atoms with Gasteiger partial charge in [0.05, 0.1) is 0 Å². The number of hydrogen-bond acceptors (Lipinski definition) is 6. The lowest BCUT2D eigenvalue weighted by molar-refractivity contribution is 0.0365. The van der Waals surface area contributed by atoms with E-state index in [0.29, 0.717) is 31.8 Å². The highest BCUT2D eigenvalue weighted by Crippen LogP contribution is 2.32. The van der Waals surface area contributed by atoms with Crippen LogP contribution in [-0.2, 0) is 11.2 Å². The van der Waals surface area contributed by atoms with E-state index in [9.17, 15) is 9.59 Å². The number of ether oxygens (including phenoxy) is 1. The van der Waals surface area contributed by atoms with Crippen LogP contribution in [0.1, 0.15) is 21.9 Å². The molecular weight excluding hydrogens is 372 g/mol. The fourth-order valence-electron chi connectivity index (χ4n) is 4.17. The summed E-state index contributed by atoms with van der Waals surface area (Å²) in [6, 6.07) is 11.8. The summed E-state index contributed by atoms with van der Waals surface area (Å²) < 4.78 is 6.98. The van der Waals surface area contributed by atoms with E-state index in [1.165, 1.54) is 0 Å². The summed E-state index contributed by atoms with van der Waals surface area (Å²) >= 11 is 0. The Hall–Kier alpha value is -3.49. The van der Waals surface area contributed by atoms with E-state index in [2.05, 4.69) is 15.2 Å². The largest absolute Gasteiger partial charge is 0.447 e. The normalized spacial score (nSPS) is 21.3. The molecule has 3 aromatic rings. The first kappa shape index (κ1) is 17.6. The zero-order valence-corrected chi connectivity index (χ0v) is 16.0. The first-order valence-electron chi connectivity index (χ1n) is 9.52. The quantitative estimate of drug-likeness (QED) is 0.668. The third kappa shape index (κ3) is 2.89. The smallest absolute Gasteiger partial charge is 0.410 e. The van der Waals surface area contributed by atoms with Gasteiger partial charge >= 0.3 is 6.09 Å². The van der Waals surface area contributed by atoms with Crippen LogP contribution in [0.2, 0.25) is 0 Å². The minimum Gasteiger partial charge on any atom is -0.447 e. The summed E-state index contributed by atoms with van der Waals surface area (Å²) in [4.78, 5) is 33.3. The molecule has 5 rings (SSSR count). The number of carbonyl (C=O) groups excluding carboxylic acids is 2. The number of rotatable bonds is 3. The Bertz CT molecular complexity index is 1100. The predicted octanol–water partition coefficient (Wildman–Crippen LogP) is 1.32. The Kier molecular flexibility index (Phi) is 3.97. The molecule has 1 aromatic carbocycles. The lowest BCUT2D eigenvalue weighted by Gasteiger charge is -2.44. The summed E-state index contributed by atoms with van der Waals surface area (Å²) in [6.45, 7) is 3.33. The number of aryl methyl sites for hydroxylation is 1. The fourth-order valence-corrected chi connectivity index (χ4v) is 4.17. The van der Waals surface area contributed by atoms with Crippen molar-refractivity contribution in [3.05, 3.63) is 59.7 Å². The number of hydrogen-bond donors (Lipinski definition) is 0. The molecule has 2 amide bonds. The van der Waals surface area contributed by atoms with Crippen LogP contribution in [-0.4, -0.2) is 73.2 Å². The van der Waals surface area contributed by atoms with E-state index < -0.39 is 5.54 Å². The number of fused-ring (bicyclic) bond motifs is 2. The van der Waals surface area contributed by atoms with E-state index in [4.69, 9.17) is 4.74 Å². The van der Waals surface area contributed by atoms with Crippen molar-refractivity contribution in [1.29, 1.82) is 0 Å². The maximum atomic E-state index is 13.3. The lowest BCUT2D eigenvalue weighted by Crippen LogP contribution is -2.63. The highest BCUT2D eigenvalue weighted by Gasteiger charge is 2.51. The van der Waals surface area contributed by atoms with Crippen LogP contribution in [0.15, 0.2) is 42.6 Å². The number of cyclic esters (lactones) is 1. The molecule has 2 saturated heterocycles. The van der Waals surface area contributed by atoms with Crippen molar-refractivity contribution in [2.24, 2.45) is 0 Å². The molecule has 1 atom stereocenters. The molecule has 9 nitrogen and oxygen atoms in total. The number of nitrogens with zero attached hydrogens (tertiary/aromatic N) is 6. The molecule has 0 N–H and O–H groups in total. The van der Waals surface area contributed by atoms with Crippen molar-refractivity contribution >= 4 is 17.8 Å². The Labute approximate surface area is 166 Å². The SMILES string of the molecule is Cc1ccn2c(C(=O)N3CCN4C(=O)OCC4(Cc4ccccc4)C3)nnc2n1. The number of aromatic nitrogens is 4. The van der Waals surface area contributed by atoms with E-state index in [-0.39, 0.29) is 24.4 Å². The molecule has 148 valence electrons. The first-order chi connectivity index (χ1) is 14.1. The third-order valence-electron chi connectivity index (χ3n) is 5.61. The van der Waals surface area contributed by atoms with Gasteiger partial charge in [0, 0.05) is 37.9 Å². The van der Waals surface area contributed by atoms with Crippen molar-refractivity contribution in [3.63, 3.8) is 0 Å². The molecule has 0 aliphatic carbocycles. The maximum Gasteiger partial charge on any atom is 0.410 e. The minimum absolute atomic E-state index is 0.223. The van der Waals surface area contributed by atoms with Gasteiger partial charge in [-0.25, -0.2) is 9.78 Å². The van der Waals surface area contributed by atoms with Crippen molar-refractivity contribution in [2.45, 2.75) is 18.9 Å². The van der Waals surface area contributed by atoms with Gasteiger partial charge in [-0.3, -0.25) is 14.1 Å². The van der Waals surface area contributed by atoms with Crippen molar-refractivity contribution in [1.82, 2.24) is 29.4 Å². The van der Waals surface area contributed by atoms with Crippen LogP contribution in [0.5, 0.6) is 0 Å². The summed E-state index contributed by atoms with van der Waals surface area (Å²) in [5, 5.41) is 8.09. The van der Waals surface area contributed by atoms with Gasteiger partial charge in [0.1, 0.15) is 12.1 Å². The number of carbonyl (C=O) groups is 2. The van der Waals surface area contributed by atoms with Gasteiger partial charge in [0.25, 0.3) is 11.7 Å². The molecule has 0 saturated carbocycles. The molecular formula is C20H20N6O3. The molecule has 2 aliphatic heterocycles. The second-order valence-corrected chi connectivity index (χ2v) is 7.58. The van der Waals surface area contributed by atoms with Crippen LogP contribution in [0.4, 0.5) is 4.79 Å². The van der Waals surface area contributed by atoms with Gasteiger partial charge in [-0.1, -0.05) is 30.3 Å². The molecule has 0 radical (unpaired) electrons. The van der Waals surface area contributed by atoms with E-state index in [0.717, 1.165) is 11.3 Å². The molecule has 1 unspecified atom stereocenters. The van der Waals surface area contributed by atoms with E-state index >= 15 is 0 Å². The first-order valence-corrected chi connectivity index (χ1v) is 9.52. The van der Waals surface area contributed by atoms with Crippen LogP contribution < -0.4 is 0 Å². The number of amides is 2. The average Bonchev–Trinajstić information content (AvgIpc) is 3.29. The van der Waals surface area contributed by atoms with Crippen molar-refractivity contribution in [2.75, 3.05) is 26.2 Å². The Morgan fingerprint density at radius 2 is 2.00 bits per heavy atom. The Morgan fingerprint density at radius 1 is 1.17 bits per heavy atom. The third-order valence-corrected chi connectivity index (χ3v) is 5.61. The Balaban J connectivity index is 1.45. The van der Waals surface area contributed by atoms with Gasteiger partial charge in [-0.15, -0.1) is 10.2 Å². The lowest BCUT2D eigenvalue weighted by atomic mass is 9.88. The standard InChI is InChI=1S/C20H20N6O3/c1-14-7-8-25-16(22-23-18(25)21-14)17(27)24-9-10-26-19(28)29-13-20(26,12-24)11-15-5-3-2-4-6-15/h2-8H,9-13H2,1H3. The van der Waals surface area contributed by atoms with Gasteiger partial charge in [0.2, 0.25) is 5.82 Å². The summed E-state index contributed by atoms with van der Waals surface area (Å²) in [5.41, 5.74) is 1.32. The molecule has 2 fully saturated rings. The molecule has 29 heavy (non-hydrogen) atoms. The predicted molar refractivity (Wildman–Crippen MR) is 102 cm³/mol. The van der Waals surface area contributed by atoms with Crippen LogP contribution in [0.3, 0.4) is 0 Å². The second kappa shape index (κ2) is 6.54. The number of piperazine rings is 1. The number of benzene rings is 1. The van der Waals surface area contributed by atoms with Crippen molar-refractivity contribution < 1.29 is 14.3 Å². The molecule has 2 aromatic heterocycles. The topological polar surface area (TPSA) is 92.9 Å². The van der Waals surface area contributed by atoms with E-state index in [1.54, 1.807) is 20.4 Å². The highest BCUT2D eigenvalue weighted by atomic mass is 16.6. The fraction of sp³-hybridized carbons (Fsp3) is 0.350. The monoisotopic (exact) mass is 392 g/mol. The van der Waals surface area contributed by atoms with Gasteiger partial charge < -0.3 is 9.64 Å². The molecule has 4 heterocycles. The van der Waals surface area contributed by atoms with Gasteiger partial charge in [0.15, 0.2) is 0 Å². The average molecular weight is 392 g/mol. The zero-order valence-electron chi connectivity index (χ0n) is 16.0. The molecule has 0 spiro atoms. The van der Waals surface area contributed by atoms with Crippen molar-refractivity contribution in [3.8, 4) is 0 Å². The van der Waals surface area contributed by atoms with Crippen LogP contribution in [0.25, 0.3) is 5.78 Å². The van der Waals surface area contributed by atoms with Crippen LogP contribution in [0, 0.1) is 6.92 Å². The molecule has 0 bridgehead atoms. The van der Waals surface area contributed by atoms with Gasteiger partial charge in [-0.05, 0) is 18.6 Å². The van der Waals surface area contributed by atoms with Crippen LogP contribution >= 0.6 is 0 Å². The Morgan fingerprint density at radius 3 is 2.83 bits per heavy atom. The van der Waals surface area contributed by atoms with E-state index in [1.807, 2.05) is 43.3 Å². The zero-order chi connectivity index (χ0) is 20.0. The minimum atomic E-state index is -0.582. The summed E-state index contributed by atoms with van der Waals surface area (Å²) in [5.74, 6) is 0.390. The second-order valence-electron chi connectivity index (χ2n) is 7.58. The maximum absolute atomic E-state index is 13.3. The molecule has 9 heteroatoms. The highest BCUT2D eigenvalue weighted by molar-refractivity contribution is 5.91. The molecule has 2 aliphatic rings. The summed E-state index contributed by atoms with van der Waals surface area (Å²) in [7, 11) is 0. The summed E-state index contributed by atoms with van der Waals surface area (Å²) in [6.07, 6.45) is 2.05.